The fraction of sp³-hybridized carbons (Fsp3) is 0.125. The molecule has 34 heavy (non-hydrogen) atoms. The van der Waals surface area contributed by atoms with Gasteiger partial charge in [-0.15, -0.1) is 11.3 Å². The molecule has 4 rings (SSSR count). The summed E-state index contributed by atoms with van der Waals surface area (Å²) in [5.74, 6) is 0.293. The molecular weight excluding hydrogens is 584 g/mol. The Bertz CT molecular complexity index is 1620. The maximum atomic E-state index is 13.3. The molecule has 0 fully saturated rings. The molecule has 170 valence electrons. The summed E-state index contributed by atoms with van der Waals surface area (Å²) in [5.41, 5.74) is 7.60. The van der Waals surface area contributed by atoms with E-state index in [0.717, 1.165) is 20.3 Å². The first-order valence-corrected chi connectivity index (χ1v) is 12.2. The van der Waals surface area contributed by atoms with Crippen LogP contribution in [0.1, 0.15) is 17.0 Å². The van der Waals surface area contributed by atoms with Crippen molar-refractivity contribution in [2.45, 2.75) is 5.92 Å². The van der Waals surface area contributed by atoms with Gasteiger partial charge in [-0.25, -0.2) is 0 Å². The van der Waals surface area contributed by atoms with Gasteiger partial charge in [0.05, 0.1) is 48.0 Å². The third kappa shape index (κ3) is 3.94. The van der Waals surface area contributed by atoms with E-state index in [-0.39, 0.29) is 17.0 Å². The average molecular weight is 600 g/mol. The van der Waals surface area contributed by atoms with Gasteiger partial charge < -0.3 is 15.2 Å². The van der Waals surface area contributed by atoms with Crippen LogP contribution in [-0.2, 0) is 0 Å². The van der Waals surface area contributed by atoms with Crippen molar-refractivity contribution in [3.8, 4) is 23.6 Å². The molecule has 7 nitrogen and oxygen atoms in total. The van der Waals surface area contributed by atoms with Gasteiger partial charge in [0.2, 0.25) is 0 Å². The molecule has 2 aromatic carbocycles. The van der Waals surface area contributed by atoms with Gasteiger partial charge in [0.1, 0.15) is 22.0 Å². The molecule has 0 saturated carbocycles. The third-order valence-corrected chi connectivity index (χ3v) is 7.47. The van der Waals surface area contributed by atoms with Crippen LogP contribution in [0.25, 0.3) is 17.5 Å². The number of thiazole rings is 1. The first-order chi connectivity index (χ1) is 16.3. The molecule has 3 aromatic rings. The fourth-order valence-corrected chi connectivity index (χ4v) is 5.63. The Balaban J connectivity index is 2.07. The van der Waals surface area contributed by atoms with Crippen molar-refractivity contribution in [2.75, 3.05) is 14.2 Å². The van der Waals surface area contributed by atoms with E-state index in [1.54, 1.807) is 37.5 Å². The largest absolute Gasteiger partial charge is 0.496 e. The summed E-state index contributed by atoms with van der Waals surface area (Å²) in [5, 5.41) is 20.1. The summed E-state index contributed by atoms with van der Waals surface area (Å²) < 4.78 is 14.5. The normalized spacial score (nSPS) is 15.5. The first-order valence-electron chi connectivity index (χ1n) is 9.79. The van der Waals surface area contributed by atoms with Crippen molar-refractivity contribution in [1.82, 2.24) is 4.57 Å². The van der Waals surface area contributed by atoms with Crippen LogP contribution < -0.4 is 30.0 Å². The van der Waals surface area contributed by atoms with E-state index in [1.807, 2.05) is 12.1 Å². The van der Waals surface area contributed by atoms with Gasteiger partial charge in [0.25, 0.3) is 5.56 Å². The van der Waals surface area contributed by atoms with Crippen LogP contribution in [0.5, 0.6) is 11.5 Å². The second kappa shape index (κ2) is 9.51. The van der Waals surface area contributed by atoms with Crippen LogP contribution in [0.3, 0.4) is 0 Å². The van der Waals surface area contributed by atoms with Gasteiger partial charge in [-0.3, -0.25) is 9.36 Å². The number of nitrogens with zero attached hydrogens (tertiary/aromatic N) is 3. The van der Waals surface area contributed by atoms with Crippen molar-refractivity contribution >= 4 is 60.7 Å². The third-order valence-electron chi connectivity index (χ3n) is 5.38. The van der Waals surface area contributed by atoms with Crippen LogP contribution in [-0.4, -0.2) is 18.8 Å². The van der Waals surface area contributed by atoms with Gasteiger partial charge in [0.15, 0.2) is 0 Å². The highest BCUT2D eigenvalue weighted by atomic mass is 79.9. The minimum Gasteiger partial charge on any atom is -0.496 e. The second-order valence-electron chi connectivity index (χ2n) is 7.20. The maximum Gasteiger partial charge on any atom is 0.274 e. The minimum atomic E-state index is -0.772. The number of hydrogen-bond donors (Lipinski definition) is 1. The molecule has 0 bridgehead atoms. The number of rotatable bonds is 4. The highest BCUT2D eigenvalue weighted by molar-refractivity contribution is 9.10. The Labute approximate surface area is 215 Å². The predicted molar refractivity (Wildman–Crippen MR) is 138 cm³/mol. The Morgan fingerprint density at radius 1 is 1.03 bits per heavy atom. The van der Waals surface area contributed by atoms with Crippen molar-refractivity contribution in [3.05, 3.63) is 81.6 Å². The molecule has 1 aliphatic heterocycles. The van der Waals surface area contributed by atoms with Crippen molar-refractivity contribution in [2.24, 2.45) is 5.73 Å². The van der Waals surface area contributed by atoms with E-state index < -0.39 is 11.5 Å². The molecule has 0 aliphatic carbocycles. The Kier molecular flexibility index (Phi) is 6.67. The van der Waals surface area contributed by atoms with Gasteiger partial charge >= 0.3 is 0 Å². The molecule has 10 heteroatoms. The zero-order valence-electron chi connectivity index (χ0n) is 17.9. The van der Waals surface area contributed by atoms with E-state index in [9.17, 15) is 15.3 Å². The number of nitrogens with two attached hydrogens (primary N) is 1. The van der Waals surface area contributed by atoms with E-state index in [4.69, 9.17) is 15.2 Å². The van der Waals surface area contributed by atoms with Crippen LogP contribution in [0, 0.1) is 22.7 Å². The summed E-state index contributed by atoms with van der Waals surface area (Å²) in [7, 11) is 3.06. The molecule has 0 amide bonds. The lowest BCUT2D eigenvalue weighted by Gasteiger charge is -2.23. The van der Waals surface area contributed by atoms with Gasteiger partial charge in [0, 0.05) is 20.1 Å². The number of methoxy groups -OCH3 is 2. The van der Waals surface area contributed by atoms with Gasteiger partial charge in [-0.2, -0.15) is 10.5 Å². The molecule has 0 saturated heterocycles. The van der Waals surface area contributed by atoms with Crippen LogP contribution >= 0.6 is 43.2 Å². The highest BCUT2D eigenvalue weighted by Crippen LogP contribution is 2.40. The standard InChI is InChI=1S/C24H16Br2N4O3S/c1-32-18-8-13(25)4-3-12(18)7-20-23(31)30-22(29)16(10-27)21(17(11-28)24(30)34-20)15-6-5-14(26)9-19(15)33-2/h3-9,21H,29H2,1-2H3/b20-7-. The van der Waals surface area contributed by atoms with Crippen LogP contribution in [0.15, 0.2) is 55.7 Å². The van der Waals surface area contributed by atoms with Crippen molar-refractivity contribution in [1.29, 1.82) is 10.5 Å². The summed E-state index contributed by atoms with van der Waals surface area (Å²) in [6.07, 6.45) is 1.69. The van der Waals surface area contributed by atoms with Crippen LogP contribution in [0.2, 0.25) is 0 Å². The zero-order chi connectivity index (χ0) is 24.6. The molecule has 2 N–H and O–H groups in total. The number of halogens is 2. The minimum absolute atomic E-state index is 0.00450. The van der Waals surface area contributed by atoms with E-state index in [1.165, 1.54) is 11.7 Å². The van der Waals surface area contributed by atoms with E-state index in [0.29, 0.717) is 31.8 Å². The zero-order valence-corrected chi connectivity index (χ0v) is 21.9. The Hall–Kier alpha value is -3.31. The fourth-order valence-electron chi connectivity index (χ4n) is 3.83. The highest BCUT2D eigenvalue weighted by Gasteiger charge is 2.34. The monoisotopic (exact) mass is 598 g/mol. The average Bonchev–Trinajstić information content (AvgIpc) is 3.15. The number of nitriles is 2. The molecule has 1 unspecified atom stereocenters. The Morgan fingerprint density at radius 2 is 1.65 bits per heavy atom. The number of aromatic nitrogens is 1. The van der Waals surface area contributed by atoms with Crippen molar-refractivity contribution < 1.29 is 9.47 Å². The summed E-state index contributed by atoms with van der Waals surface area (Å²) in [6, 6.07) is 15.1. The number of allylic oxidation sites excluding steroid dienone is 1. The van der Waals surface area contributed by atoms with Crippen molar-refractivity contribution in [3.63, 3.8) is 0 Å². The lowest BCUT2D eigenvalue weighted by molar-refractivity contribution is 0.409. The molecule has 2 heterocycles. The lowest BCUT2D eigenvalue weighted by Crippen LogP contribution is -2.38. The smallest absolute Gasteiger partial charge is 0.274 e. The van der Waals surface area contributed by atoms with Gasteiger partial charge in [-0.05, 0) is 30.3 Å². The number of benzene rings is 2. The molecule has 0 radical (unpaired) electrons. The first kappa shape index (κ1) is 23.8. The van der Waals surface area contributed by atoms with Gasteiger partial charge in [-0.1, -0.05) is 44.0 Å². The van der Waals surface area contributed by atoms with E-state index >= 15 is 0 Å². The molecular formula is C24H16Br2N4O3S. The molecule has 0 spiro atoms. The van der Waals surface area contributed by atoms with Crippen LogP contribution in [0.4, 0.5) is 0 Å². The lowest BCUT2D eigenvalue weighted by atomic mass is 9.84. The predicted octanol–water partition coefficient (Wildman–Crippen LogP) is 3.40. The molecule has 1 aromatic heterocycles. The second-order valence-corrected chi connectivity index (χ2v) is 10.1. The number of fused-ring (bicyclic) bond motifs is 1. The quantitative estimate of drug-likeness (QED) is 0.492. The van der Waals surface area contributed by atoms with E-state index in [2.05, 4.69) is 44.0 Å². The maximum absolute atomic E-state index is 13.3. The Morgan fingerprint density at radius 3 is 2.26 bits per heavy atom. The topological polar surface area (TPSA) is 114 Å². The summed E-state index contributed by atoms with van der Waals surface area (Å²) in [6.45, 7) is 0. The summed E-state index contributed by atoms with van der Waals surface area (Å²) >= 11 is 7.95. The molecule has 1 atom stereocenters. The summed E-state index contributed by atoms with van der Waals surface area (Å²) in [4.78, 5) is 13.3. The number of hydrogen-bond acceptors (Lipinski definition) is 7. The molecule has 1 aliphatic rings. The number of ether oxygens (including phenoxy) is 2. The SMILES string of the molecule is COc1cc(Br)ccc1/C=c1\sc2n(c1=O)C(N)=C(C#N)C(c1ccc(Br)cc1OC)C=2C#N.